The first-order chi connectivity index (χ1) is 13.1. The van der Waals surface area contributed by atoms with Crippen LogP contribution in [0.4, 0.5) is 4.39 Å². The van der Waals surface area contributed by atoms with E-state index in [4.69, 9.17) is 4.74 Å². The van der Waals surface area contributed by atoms with Crippen molar-refractivity contribution in [1.29, 1.82) is 0 Å². The van der Waals surface area contributed by atoms with Crippen molar-refractivity contribution >= 4 is 5.91 Å². The summed E-state index contributed by atoms with van der Waals surface area (Å²) >= 11 is 0. The summed E-state index contributed by atoms with van der Waals surface area (Å²) in [5.74, 6) is 0.0772. The third-order valence-electron chi connectivity index (χ3n) is 5.49. The zero-order chi connectivity index (χ0) is 18.8. The Hall–Kier alpha value is -2.41. The molecule has 2 aliphatic heterocycles. The second-order valence-electron chi connectivity index (χ2n) is 7.34. The molecule has 4 rings (SSSR count). The van der Waals surface area contributed by atoms with E-state index in [0.29, 0.717) is 24.4 Å². The van der Waals surface area contributed by atoms with Crippen molar-refractivity contribution in [1.82, 2.24) is 19.6 Å². The predicted octanol–water partition coefficient (Wildman–Crippen LogP) is 2.25. The molecule has 1 fully saturated rings. The van der Waals surface area contributed by atoms with E-state index >= 15 is 0 Å². The fourth-order valence-electron chi connectivity index (χ4n) is 4.11. The van der Waals surface area contributed by atoms with Crippen molar-refractivity contribution in [2.45, 2.75) is 31.8 Å². The molecule has 7 heteroatoms. The van der Waals surface area contributed by atoms with Gasteiger partial charge in [0.05, 0.1) is 31.8 Å². The number of rotatable bonds is 5. The first-order valence-electron chi connectivity index (χ1n) is 9.49. The summed E-state index contributed by atoms with van der Waals surface area (Å²) < 4.78 is 20.7. The average molecular weight is 372 g/mol. The first-order valence-corrected chi connectivity index (χ1v) is 9.49. The van der Waals surface area contributed by atoms with Crippen molar-refractivity contribution in [3.05, 3.63) is 47.5 Å². The van der Waals surface area contributed by atoms with Crippen LogP contribution in [0.15, 0.2) is 30.5 Å². The molecular formula is C20H25FN4O2. The summed E-state index contributed by atoms with van der Waals surface area (Å²) in [7, 11) is 1.49. The highest BCUT2D eigenvalue weighted by molar-refractivity contribution is 5.79. The Kier molecular flexibility index (Phi) is 5.11. The van der Waals surface area contributed by atoms with E-state index in [9.17, 15) is 9.18 Å². The SMILES string of the molecule is COc1cc(F)ccc1CC(=O)N1Cc2ccnn2C(CN2CCCC2)C1. The van der Waals surface area contributed by atoms with Gasteiger partial charge in [-0.1, -0.05) is 6.07 Å². The number of benzene rings is 1. The molecule has 1 saturated heterocycles. The van der Waals surface area contributed by atoms with Crippen LogP contribution in [0.1, 0.15) is 30.1 Å². The van der Waals surface area contributed by atoms with Gasteiger partial charge in [-0.05, 0) is 38.1 Å². The number of likely N-dealkylation sites (tertiary alicyclic amines) is 1. The Morgan fingerprint density at radius 2 is 2.11 bits per heavy atom. The molecule has 0 N–H and O–H groups in total. The number of nitrogens with zero attached hydrogens (tertiary/aromatic N) is 4. The molecular weight excluding hydrogens is 347 g/mol. The lowest BCUT2D eigenvalue weighted by Crippen LogP contribution is -2.45. The second kappa shape index (κ2) is 7.68. The van der Waals surface area contributed by atoms with Crippen molar-refractivity contribution in [3.8, 4) is 5.75 Å². The van der Waals surface area contributed by atoms with Gasteiger partial charge in [0, 0.05) is 30.9 Å². The summed E-state index contributed by atoms with van der Waals surface area (Å²) in [4.78, 5) is 17.3. The third-order valence-corrected chi connectivity index (χ3v) is 5.49. The van der Waals surface area contributed by atoms with Gasteiger partial charge in [0.2, 0.25) is 5.91 Å². The molecule has 27 heavy (non-hydrogen) atoms. The average Bonchev–Trinajstić information content (AvgIpc) is 3.34. The maximum absolute atomic E-state index is 13.4. The Labute approximate surface area is 158 Å². The van der Waals surface area contributed by atoms with Gasteiger partial charge in [-0.2, -0.15) is 5.10 Å². The number of carbonyl (C=O) groups excluding carboxylic acids is 1. The number of hydrogen-bond acceptors (Lipinski definition) is 4. The van der Waals surface area contributed by atoms with E-state index in [2.05, 4.69) is 14.7 Å². The minimum absolute atomic E-state index is 0.0266. The maximum Gasteiger partial charge on any atom is 0.227 e. The highest BCUT2D eigenvalue weighted by atomic mass is 19.1. The quantitative estimate of drug-likeness (QED) is 0.808. The summed E-state index contributed by atoms with van der Waals surface area (Å²) in [6.45, 7) is 4.35. The van der Waals surface area contributed by atoms with Gasteiger partial charge in [0.1, 0.15) is 11.6 Å². The van der Waals surface area contributed by atoms with E-state index in [0.717, 1.165) is 25.3 Å². The van der Waals surface area contributed by atoms with Crippen LogP contribution in [0.25, 0.3) is 0 Å². The first kappa shape index (κ1) is 18.0. The van der Waals surface area contributed by atoms with Gasteiger partial charge in [-0.15, -0.1) is 0 Å². The zero-order valence-corrected chi connectivity index (χ0v) is 15.6. The molecule has 0 spiro atoms. The van der Waals surface area contributed by atoms with Crippen LogP contribution >= 0.6 is 0 Å². The number of halogens is 1. The lowest BCUT2D eigenvalue weighted by Gasteiger charge is -2.36. The number of amides is 1. The van der Waals surface area contributed by atoms with Crippen LogP contribution < -0.4 is 4.74 Å². The van der Waals surface area contributed by atoms with Gasteiger partial charge < -0.3 is 14.5 Å². The summed E-state index contributed by atoms with van der Waals surface area (Å²) in [6.07, 6.45) is 4.49. The fraction of sp³-hybridized carbons (Fsp3) is 0.500. The molecule has 1 aromatic carbocycles. The standard InChI is InChI=1S/C20H25FN4O2/c1-27-19-11-16(21)5-4-15(19)10-20(26)24-13-17-6-7-22-25(17)18(14-24)12-23-8-2-3-9-23/h4-7,11,18H,2-3,8-10,12-14H2,1H3. The number of carbonyl (C=O) groups is 1. The van der Waals surface area contributed by atoms with Gasteiger partial charge in [0.15, 0.2) is 0 Å². The molecule has 1 atom stereocenters. The third kappa shape index (κ3) is 3.83. The number of ether oxygens (including phenoxy) is 1. The van der Waals surface area contributed by atoms with E-state index in [1.165, 1.54) is 32.1 Å². The molecule has 2 aromatic rings. The Morgan fingerprint density at radius 1 is 1.30 bits per heavy atom. The predicted molar refractivity (Wildman–Crippen MR) is 99.0 cm³/mol. The van der Waals surface area contributed by atoms with Crippen molar-refractivity contribution in [2.75, 3.05) is 33.3 Å². The molecule has 3 heterocycles. The largest absolute Gasteiger partial charge is 0.496 e. The Morgan fingerprint density at radius 3 is 2.89 bits per heavy atom. The molecule has 1 amide bonds. The van der Waals surface area contributed by atoms with Crippen LogP contribution in [0.3, 0.4) is 0 Å². The summed E-state index contributed by atoms with van der Waals surface area (Å²) in [5, 5.41) is 4.49. The highest BCUT2D eigenvalue weighted by Crippen LogP contribution is 2.25. The normalized spacial score (nSPS) is 19.9. The topological polar surface area (TPSA) is 50.6 Å². The van der Waals surface area contributed by atoms with Crippen LogP contribution in [-0.4, -0.2) is 58.8 Å². The highest BCUT2D eigenvalue weighted by Gasteiger charge is 2.30. The summed E-state index contributed by atoms with van der Waals surface area (Å²) in [6, 6.07) is 6.47. The van der Waals surface area contributed by atoms with E-state index in [1.807, 2.05) is 17.2 Å². The van der Waals surface area contributed by atoms with Crippen LogP contribution in [0, 0.1) is 5.82 Å². The minimum Gasteiger partial charge on any atom is -0.496 e. The number of methoxy groups -OCH3 is 1. The maximum atomic E-state index is 13.4. The minimum atomic E-state index is -0.365. The fourth-order valence-corrected chi connectivity index (χ4v) is 4.11. The number of aromatic nitrogens is 2. The van der Waals surface area contributed by atoms with Crippen LogP contribution in [-0.2, 0) is 17.8 Å². The van der Waals surface area contributed by atoms with Crippen molar-refractivity contribution in [2.24, 2.45) is 0 Å². The van der Waals surface area contributed by atoms with Gasteiger partial charge >= 0.3 is 0 Å². The lowest BCUT2D eigenvalue weighted by atomic mass is 10.1. The molecule has 0 radical (unpaired) electrons. The molecule has 6 nitrogen and oxygen atoms in total. The molecule has 2 aliphatic rings. The molecule has 1 unspecified atom stereocenters. The van der Waals surface area contributed by atoms with Crippen LogP contribution in [0.2, 0.25) is 0 Å². The van der Waals surface area contributed by atoms with Crippen LogP contribution in [0.5, 0.6) is 5.75 Å². The Bertz CT molecular complexity index is 816. The van der Waals surface area contributed by atoms with Crippen molar-refractivity contribution in [3.63, 3.8) is 0 Å². The second-order valence-corrected chi connectivity index (χ2v) is 7.34. The number of fused-ring (bicyclic) bond motifs is 1. The smallest absolute Gasteiger partial charge is 0.227 e. The molecule has 0 saturated carbocycles. The van der Waals surface area contributed by atoms with Gasteiger partial charge in [0.25, 0.3) is 0 Å². The zero-order valence-electron chi connectivity index (χ0n) is 15.6. The van der Waals surface area contributed by atoms with Gasteiger partial charge in [-0.3, -0.25) is 9.48 Å². The lowest BCUT2D eigenvalue weighted by molar-refractivity contribution is -0.132. The number of hydrogen-bond donors (Lipinski definition) is 0. The van der Waals surface area contributed by atoms with E-state index < -0.39 is 0 Å². The molecule has 0 aliphatic carbocycles. The van der Waals surface area contributed by atoms with Crippen molar-refractivity contribution < 1.29 is 13.9 Å². The summed E-state index contributed by atoms with van der Waals surface area (Å²) in [5.41, 5.74) is 1.77. The Balaban J connectivity index is 1.49. The molecule has 1 aromatic heterocycles. The molecule has 144 valence electrons. The van der Waals surface area contributed by atoms with E-state index in [1.54, 1.807) is 6.07 Å². The molecule has 0 bridgehead atoms. The van der Waals surface area contributed by atoms with Gasteiger partial charge in [-0.25, -0.2) is 4.39 Å². The monoisotopic (exact) mass is 372 g/mol. The van der Waals surface area contributed by atoms with E-state index in [-0.39, 0.29) is 24.2 Å².